The molecule has 9 nitrogen and oxygen atoms in total. The van der Waals surface area contributed by atoms with Crippen molar-refractivity contribution in [2.24, 2.45) is 0 Å². The first kappa shape index (κ1) is 31.1. The summed E-state index contributed by atoms with van der Waals surface area (Å²) in [6, 6.07) is 35.3. The van der Waals surface area contributed by atoms with Gasteiger partial charge in [-0.25, -0.2) is 16.8 Å². The van der Waals surface area contributed by atoms with Crippen molar-refractivity contribution in [1.82, 2.24) is 18.4 Å². The molecule has 234 valence electrons. The Kier molecular flexibility index (Phi) is 9.16. The molecule has 1 amide bonds. The Morgan fingerprint density at radius 1 is 0.556 bits per heavy atom. The summed E-state index contributed by atoms with van der Waals surface area (Å²) >= 11 is 0. The molecule has 0 radical (unpaired) electrons. The van der Waals surface area contributed by atoms with E-state index in [-0.39, 0.29) is 35.5 Å². The van der Waals surface area contributed by atoms with E-state index in [0.717, 1.165) is 11.1 Å². The Balaban J connectivity index is 1.26. The molecule has 11 heteroatoms. The fraction of sp³-hybridized carbons (Fsp3) is 0.265. The maximum atomic E-state index is 14.2. The molecule has 45 heavy (non-hydrogen) atoms. The number of hydrogen-bond donors (Lipinski definition) is 0. The fourth-order valence-corrected chi connectivity index (χ4v) is 9.26. The van der Waals surface area contributed by atoms with Gasteiger partial charge in [0.15, 0.2) is 0 Å². The number of piperazine rings is 2. The van der Waals surface area contributed by atoms with Crippen molar-refractivity contribution in [1.29, 1.82) is 0 Å². The zero-order valence-electron chi connectivity index (χ0n) is 24.8. The fourth-order valence-electron chi connectivity index (χ4n) is 6.21. The van der Waals surface area contributed by atoms with Gasteiger partial charge in [-0.05, 0) is 35.4 Å². The monoisotopic (exact) mass is 644 g/mol. The molecule has 4 aromatic carbocycles. The van der Waals surface area contributed by atoms with Crippen molar-refractivity contribution in [3.63, 3.8) is 0 Å². The third kappa shape index (κ3) is 6.45. The minimum Gasteiger partial charge on any atom is -0.339 e. The number of amides is 1. The van der Waals surface area contributed by atoms with Crippen LogP contribution in [-0.4, -0.2) is 93.0 Å². The van der Waals surface area contributed by atoms with Crippen LogP contribution in [0.15, 0.2) is 131 Å². The third-order valence-electron chi connectivity index (χ3n) is 8.53. The van der Waals surface area contributed by atoms with Crippen LogP contribution in [0.25, 0.3) is 0 Å². The maximum Gasteiger partial charge on any atom is 0.243 e. The molecule has 0 aromatic heterocycles. The minimum absolute atomic E-state index is 0.000737. The van der Waals surface area contributed by atoms with Crippen LogP contribution in [0.3, 0.4) is 0 Å². The number of benzene rings is 4. The molecule has 0 spiro atoms. The van der Waals surface area contributed by atoms with Crippen molar-refractivity contribution >= 4 is 26.0 Å². The molecule has 1 atom stereocenters. The first-order chi connectivity index (χ1) is 21.8. The number of nitrogens with zero attached hydrogens (tertiary/aromatic N) is 4. The Labute approximate surface area is 265 Å². The smallest absolute Gasteiger partial charge is 0.243 e. The molecule has 0 N–H and O–H groups in total. The topological polar surface area (TPSA) is 98.3 Å². The highest BCUT2D eigenvalue weighted by Gasteiger charge is 2.45. The maximum absolute atomic E-state index is 14.2. The van der Waals surface area contributed by atoms with Gasteiger partial charge < -0.3 is 4.90 Å². The summed E-state index contributed by atoms with van der Waals surface area (Å²) in [6.45, 7) is 1.46. The van der Waals surface area contributed by atoms with Crippen LogP contribution in [-0.2, 0) is 24.8 Å². The van der Waals surface area contributed by atoms with Gasteiger partial charge in [-0.3, -0.25) is 9.69 Å². The van der Waals surface area contributed by atoms with Crippen molar-refractivity contribution in [2.75, 3.05) is 45.8 Å². The standard InChI is InChI=1S/C34H36N4O5S2/c39-34(36-23-21-35(22-24-36)33(28-13-5-1-6-14-28)29-15-7-2-8-16-29)32-27-37(44(40,41)30-17-9-3-10-18-30)25-26-38(32)45(42,43)31-19-11-4-12-20-31/h1-20,32-33H,21-27H2. The summed E-state index contributed by atoms with van der Waals surface area (Å²) < 4.78 is 57.3. The van der Waals surface area contributed by atoms with Gasteiger partial charge in [0.05, 0.1) is 15.8 Å². The van der Waals surface area contributed by atoms with Gasteiger partial charge >= 0.3 is 0 Å². The molecule has 0 bridgehead atoms. The highest BCUT2D eigenvalue weighted by Crippen LogP contribution is 2.31. The molecule has 1 unspecified atom stereocenters. The van der Waals surface area contributed by atoms with Crippen LogP contribution in [0.5, 0.6) is 0 Å². The number of hydrogen-bond acceptors (Lipinski definition) is 6. The van der Waals surface area contributed by atoms with E-state index in [1.165, 1.54) is 32.9 Å². The predicted octanol–water partition coefficient (Wildman–Crippen LogP) is 3.68. The largest absolute Gasteiger partial charge is 0.339 e. The van der Waals surface area contributed by atoms with E-state index >= 15 is 0 Å². The molecular weight excluding hydrogens is 609 g/mol. The summed E-state index contributed by atoms with van der Waals surface area (Å²) in [4.78, 5) is 18.4. The summed E-state index contributed by atoms with van der Waals surface area (Å²) in [5.74, 6) is -0.391. The Bertz CT molecular complexity index is 1760. The Hall–Kier alpha value is -3.87. The Morgan fingerprint density at radius 2 is 1.00 bits per heavy atom. The van der Waals surface area contributed by atoms with Gasteiger partial charge in [-0.2, -0.15) is 8.61 Å². The number of carbonyl (C=O) groups is 1. The van der Waals surface area contributed by atoms with Crippen molar-refractivity contribution in [3.8, 4) is 0 Å². The molecule has 2 saturated heterocycles. The molecule has 0 aliphatic carbocycles. The first-order valence-corrected chi connectivity index (χ1v) is 17.9. The lowest BCUT2D eigenvalue weighted by Gasteiger charge is -2.44. The number of sulfonamides is 2. The second-order valence-electron chi connectivity index (χ2n) is 11.2. The summed E-state index contributed by atoms with van der Waals surface area (Å²) in [5.41, 5.74) is 2.30. The highest BCUT2D eigenvalue weighted by molar-refractivity contribution is 7.89. The summed E-state index contributed by atoms with van der Waals surface area (Å²) in [5, 5.41) is 0. The van der Waals surface area contributed by atoms with E-state index in [0.29, 0.717) is 26.2 Å². The molecule has 0 saturated carbocycles. The minimum atomic E-state index is -4.07. The SMILES string of the molecule is O=C(C1CN(S(=O)(=O)c2ccccc2)CCN1S(=O)(=O)c1ccccc1)N1CCN(C(c2ccccc2)c2ccccc2)CC1. The molecular formula is C34H36N4O5S2. The predicted molar refractivity (Wildman–Crippen MR) is 172 cm³/mol. The van der Waals surface area contributed by atoms with Gasteiger partial charge in [-0.1, -0.05) is 97.1 Å². The van der Waals surface area contributed by atoms with E-state index in [2.05, 4.69) is 29.2 Å². The van der Waals surface area contributed by atoms with E-state index in [4.69, 9.17) is 0 Å². The van der Waals surface area contributed by atoms with Gasteiger partial charge in [-0.15, -0.1) is 0 Å². The van der Waals surface area contributed by atoms with Crippen LogP contribution in [0.2, 0.25) is 0 Å². The van der Waals surface area contributed by atoms with E-state index in [1.807, 2.05) is 36.4 Å². The molecule has 4 aromatic rings. The van der Waals surface area contributed by atoms with Gasteiger partial charge in [0.25, 0.3) is 0 Å². The molecule has 6 rings (SSSR count). The lowest BCUT2D eigenvalue weighted by Crippen LogP contribution is -2.63. The lowest BCUT2D eigenvalue weighted by atomic mass is 9.96. The van der Waals surface area contributed by atoms with Crippen LogP contribution >= 0.6 is 0 Å². The van der Waals surface area contributed by atoms with Crippen LogP contribution < -0.4 is 0 Å². The number of carbonyl (C=O) groups excluding carboxylic acids is 1. The number of rotatable bonds is 8. The van der Waals surface area contributed by atoms with Gasteiger partial charge in [0, 0.05) is 45.8 Å². The summed E-state index contributed by atoms with van der Waals surface area (Å²) in [6.07, 6.45) is 0. The second kappa shape index (κ2) is 13.2. The van der Waals surface area contributed by atoms with E-state index < -0.39 is 32.0 Å². The lowest BCUT2D eigenvalue weighted by molar-refractivity contribution is -0.138. The normalized spacial score (nSPS) is 19.0. The zero-order valence-corrected chi connectivity index (χ0v) is 26.4. The molecule has 2 aliphatic rings. The Morgan fingerprint density at radius 3 is 1.49 bits per heavy atom. The van der Waals surface area contributed by atoms with Gasteiger partial charge in [0.2, 0.25) is 26.0 Å². The summed E-state index contributed by atoms with van der Waals surface area (Å²) in [7, 11) is -8.01. The van der Waals surface area contributed by atoms with E-state index in [1.54, 1.807) is 41.3 Å². The quantitative estimate of drug-likeness (QED) is 0.290. The average molecular weight is 645 g/mol. The highest BCUT2D eigenvalue weighted by atomic mass is 32.2. The molecule has 2 fully saturated rings. The zero-order chi connectivity index (χ0) is 31.4. The average Bonchev–Trinajstić information content (AvgIpc) is 3.10. The van der Waals surface area contributed by atoms with Crippen LogP contribution in [0.4, 0.5) is 0 Å². The second-order valence-corrected chi connectivity index (χ2v) is 15.0. The van der Waals surface area contributed by atoms with E-state index in [9.17, 15) is 21.6 Å². The van der Waals surface area contributed by atoms with Crippen LogP contribution in [0, 0.1) is 0 Å². The molecule has 2 aliphatic heterocycles. The van der Waals surface area contributed by atoms with Crippen molar-refractivity contribution in [2.45, 2.75) is 21.9 Å². The van der Waals surface area contributed by atoms with Crippen molar-refractivity contribution < 1.29 is 21.6 Å². The van der Waals surface area contributed by atoms with Crippen molar-refractivity contribution in [3.05, 3.63) is 132 Å². The third-order valence-corrected chi connectivity index (χ3v) is 12.3. The van der Waals surface area contributed by atoms with Crippen LogP contribution in [0.1, 0.15) is 17.2 Å². The van der Waals surface area contributed by atoms with Gasteiger partial charge in [0.1, 0.15) is 6.04 Å². The first-order valence-electron chi connectivity index (χ1n) is 15.0. The molecule has 2 heterocycles.